The molecule has 0 aromatic heterocycles. The highest BCUT2D eigenvalue weighted by Gasteiger charge is 2.40. The molecular formula is C36H36N2. The smallest absolute Gasteiger partial charge is 0.0790 e. The maximum atomic E-state index is 2.63. The van der Waals surface area contributed by atoms with Crippen molar-refractivity contribution in [1.29, 1.82) is 0 Å². The number of para-hydroxylation sites is 2. The van der Waals surface area contributed by atoms with Crippen molar-refractivity contribution >= 4 is 22.5 Å². The van der Waals surface area contributed by atoms with Crippen molar-refractivity contribution in [1.82, 2.24) is 0 Å². The summed E-state index contributed by atoms with van der Waals surface area (Å²) >= 11 is 0. The zero-order valence-electron chi connectivity index (χ0n) is 22.4. The summed E-state index contributed by atoms with van der Waals surface area (Å²) in [6.07, 6.45) is 6.98. The molecule has 0 fully saturated rings. The van der Waals surface area contributed by atoms with Crippen molar-refractivity contribution in [2.24, 2.45) is 0 Å². The molecule has 2 heteroatoms. The van der Waals surface area contributed by atoms with Gasteiger partial charge in [-0.15, -0.1) is 0 Å². The van der Waals surface area contributed by atoms with Gasteiger partial charge in [-0.3, -0.25) is 0 Å². The van der Waals surface area contributed by atoms with Crippen molar-refractivity contribution in [2.75, 3.05) is 22.9 Å². The van der Waals surface area contributed by atoms with Crippen molar-refractivity contribution in [3.05, 3.63) is 144 Å². The van der Waals surface area contributed by atoms with Crippen LogP contribution in [0.25, 0.3) is 11.1 Å². The SMILES string of the molecule is CCN(c1ccccc1)C(C1=CCc2ccccc21)C(C1=CCc2ccccc21)N(CC)c1ccccc1. The predicted octanol–water partition coefficient (Wildman–Crippen LogP) is 8.06. The number of allylic oxidation sites excluding steroid dienone is 2. The molecule has 0 bridgehead atoms. The fourth-order valence-electron chi connectivity index (χ4n) is 6.52. The highest BCUT2D eigenvalue weighted by atomic mass is 15.3. The van der Waals surface area contributed by atoms with E-state index in [1.54, 1.807) is 0 Å². The lowest BCUT2D eigenvalue weighted by atomic mass is 9.85. The van der Waals surface area contributed by atoms with Crippen LogP contribution in [0.4, 0.5) is 11.4 Å². The molecular weight excluding hydrogens is 460 g/mol. The second kappa shape index (κ2) is 10.8. The number of nitrogens with zero attached hydrogens (tertiary/aromatic N) is 2. The Labute approximate surface area is 227 Å². The van der Waals surface area contributed by atoms with Crippen LogP contribution < -0.4 is 9.80 Å². The quantitative estimate of drug-likeness (QED) is 0.231. The molecule has 38 heavy (non-hydrogen) atoms. The topological polar surface area (TPSA) is 6.48 Å². The summed E-state index contributed by atoms with van der Waals surface area (Å²) in [5.41, 5.74) is 11.1. The minimum atomic E-state index is 0.142. The molecule has 0 N–H and O–H groups in total. The molecule has 4 aromatic rings. The zero-order valence-corrected chi connectivity index (χ0v) is 22.4. The lowest BCUT2D eigenvalue weighted by molar-refractivity contribution is 0.609. The average molecular weight is 497 g/mol. The van der Waals surface area contributed by atoms with Crippen LogP contribution in [0.5, 0.6) is 0 Å². The molecule has 0 heterocycles. The van der Waals surface area contributed by atoms with Gasteiger partial charge in [-0.1, -0.05) is 97.1 Å². The highest BCUT2D eigenvalue weighted by molar-refractivity contribution is 5.87. The molecule has 190 valence electrons. The average Bonchev–Trinajstić information content (AvgIpc) is 3.60. The minimum absolute atomic E-state index is 0.142. The summed E-state index contributed by atoms with van der Waals surface area (Å²) in [6.45, 7) is 6.44. The van der Waals surface area contributed by atoms with Crippen LogP contribution in [0.15, 0.2) is 121 Å². The summed E-state index contributed by atoms with van der Waals surface area (Å²) in [5.74, 6) is 0. The number of hydrogen-bond acceptors (Lipinski definition) is 2. The van der Waals surface area contributed by atoms with Crippen LogP contribution in [-0.4, -0.2) is 25.2 Å². The highest BCUT2D eigenvalue weighted by Crippen LogP contribution is 2.43. The van der Waals surface area contributed by atoms with Gasteiger partial charge in [0, 0.05) is 24.5 Å². The van der Waals surface area contributed by atoms with E-state index >= 15 is 0 Å². The van der Waals surface area contributed by atoms with Crippen LogP contribution in [0.1, 0.15) is 36.1 Å². The lowest BCUT2D eigenvalue weighted by Crippen LogP contribution is -2.53. The molecule has 0 aliphatic heterocycles. The molecule has 0 amide bonds. The van der Waals surface area contributed by atoms with Gasteiger partial charge in [0.15, 0.2) is 0 Å². The molecule has 0 saturated heterocycles. The van der Waals surface area contributed by atoms with Gasteiger partial charge in [-0.25, -0.2) is 0 Å². The predicted molar refractivity (Wildman–Crippen MR) is 163 cm³/mol. The Bertz CT molecular complexity index is 1340. The van der Waals surface area contributed by atoms with E-state index in [1.807, 2.05) is 0 Å². The van der Waals surface area contributed by atoms with Crippen molar-refractivity contribution < 1.29 is 0 Å². The van der Waals surface area contributed by atoms with E-state index in [4.69, 9.17) is 0 Å². The van der Waals surface area contributed by atoms with E-state index in [0.717, 1.165) is 25.9 Å². The molecule has 2 unspecified atom stereocenters. The van der Waals surface area contributed by atoms with E-state index in [0.29, 0.717) is 0 Å². The lowest BCUT2D eigenvalue weighted by Gasteiger charge is -2.46. The molecule has 0 spiro atoms. The van der Waals surface area contributed by atoms with Crippen LogP contribution in [0.2, 0.25) is 0 Å². The molecule has 2 nitrogen and oxygen atoms in total. The summed E-state index contributed by atoms with van der Waals surface area (Å²) in [4.78, 5) is 5.26. The van der Waals surface area contributed by atoms with Gasteiger partial charge < -0.3 is 9.80 Å². The molecule has 0 saturated carbocycles. The number of rotatable bonds is 9. The summed E-state index contributed by atoms with van der Waals surface area (Å²) in [5, 5.41) is 0. The van der Waals surface area contributed by atoms with Gasteiger partial charge in [0.05, 0.1) is 12.1 Å². The second-order valence-electron chi connectivity index (χ2n) is 10.2. The first-order valence-electron chi connectivity index (χ1n) is 14.0. The number of benzene rings is 4. The third kappa shape index (κ3) is 4.35. The fraction of sp³-hybridized carbons (Fsp3) is 0.222. The standard InChI is InChI=1S/C36H36N2/c1-3-37(29-17-7-5-8-18-29)35(33-25-23-27-15-11-13-21-31(27)33)36(38(4-2)30-19-9-6-10-20-30)34-26-24-28-16-12-14-22-32(28)34/h5-22,25-26,35-36H,3-4,23-24H2,1-2H3. The van der Waals surface area contributed by atoms with Gasteiger partial charge >= 0.3 is 0 Å². The Kier molecular flexibility index (Phi) is 6.88. The normalized spacial score (nSPS) is 15.2. The molecule has 4 aromatic carbocycles. The van der Waals surface area contributed by atoms with Crippen LogP contribution >= 0.6 is 0 Å². The Morgan fingerprint density at radius 3 is 1.26 bits per heavy atom. The fourth-order valence-corrected chi connectivity index (χ4v) is 6.52. The minimum Gasteiger partial charge on any atom is -0.362 e. The third-order valence-corrected chi connectivity index (χ3v) is 8.21. The maximum absolute atomic E-state index is 2.63. The molecule has 2 aliphatic carbocycles. The molecule has 6 rings (SSSR count). The first-order valence-corrected chi connectivity index (χ1v) is 14.0. The largest absolute Gasteiger partial charge is 0.362 e. The van der Waals surface area contributed by atoms with Crippen LogP contribution in [0.3, 0.4) is 0 Å². The molecule has 2 atom stereocenters. The summed E-state index contributed by atoms with van der Waals surface area (Å²) in [6, 6.07) is 40.2. The Morgan fingerprint density at radius 1 is 0.500 bits per heavy atom. The number of likely N-dealkylation sites (N-methyl/N-ethyl adjacent to an activating group) is 2. The Morgan fingerprint density at radius 2 is 0.868 bits per heavy atom. The van der Waals surface area contributed by atoms with E-state index < -0.39 is 0 Å². The number of hydrogen-bond donors (Lipinski definition) is 0. The van der Waals surface area contributed by atoms with Gasteiger partial charge in [0.25, 0.3) is 0 Å². The van der Waals surface area contributed by atoms with Crippen LogP contribution in [-0.2, 0) is 12.8 Å². The summed E-state index contributed by atoms with van der Waals surface area (Å²) in [7, 11) is 0. The first kappa shape index (κ1) is 24.3. The van der Waals surface area contributed by atoms with E-state index in [-0.39, 0.29) is 12.1 Å². The van der Waals surface area contributed by atoms with Gasteiger partial charge in [0.2, 0.25) is 0 Å². The zero-order chi connectivity index (χ0) is 25.9. The summed E-state index contributed by atoms with van der Waals surface area (Å²) < 4.78 is 0. The van der Waals surface area contributed by atoms with E-state index in [2.05, 4.69) is 145 Å². The van der Waals surface area contributed by atoms with E-state index in [9.17, 15) is 0 Å². The van der Waals surface area contributed by atoms with Gasteiger partial charge in [-0.05, 0) is 84.4 Å². The van der Waals surface area contributed by atoms with Crippen molar-refractivity contribution in [3.63, 3.8) is 0 Å². The van der Waals surface area contributed by atoms with Gasteiger partial charge in [-0.2, -0.15) is 0 Å². The second-order valence-corrected chi connectivity index (χ2v) is 10.2. The van der Waals surface area contributed by atoms with E-state index in [1.165, 1.54) is 44.8 Å². The monoisotopic (exact) mass is 496 g/mol. The van der Waals surface area contributed by atoms with Crippen LogP contribution in [0, 0.1) is 0 Å². The first-order chi connectivity index (χ1) is 18.8. The number of fused-ring (bicyclic) bond motifs is 2. The third-order valence-electron chi connectivity index (χ3n) is 8.21. The Hall–Kier alpha value is -4.04. The Balaban J connectivity index is 1.59. The van der Waals surface area contributed by atoms with Crippen molar-refractivity contribution in [3.8, 4) is 0 Å². The number of anilines is 2. The van der Waals surface area contributed by atoms with Crippen molar-refractivity contribution in [2.45, 2.75) is 38.8 Å². The van der Waals surface area contributed by atoms with Gasteiger partial charge in [0.1, 0.15) is 0 Å². The molecule has 2 aliphatic rings. The molecule has 0 radical (unpaired) electrons. The maximum Gasteiger partial charge on any atom is 0.0790 e.